The van der Waals surface area contributed by atoms with Gasteiger partial charge in [0, 0.05) is 19.0 Å². The Morgan fingerprint density at radius 2 is 1.94 bits per heavy atom. The molecule has 0 fully saturated rings. The van der Waals surface area contributed by atoms with Gasteiger partial charge in [0.1, 0.15) is 18.1 Å². The Morgan fingerprint density at radius 3 is 2.50 bits per heavy atom. The van der Waals surface area contributed by atoms with E-state index in [0.717, 1.165) is 30.9 Å². The highest BCUT2D eigenvalue weighted by atomic mass is 16.5. The zero-order valence-corrected chi connectivity index (χ0v) is 11.1. The minimum Gasteiger partial charge on any atom is -0.497 e. The summed E-state index contributed by atoms with van der Waals surface area (Å²) in [4.78, 5) is 0. The van der Waals surface area contributed by atoms with Crippen molar-refractivity contribution in [3.63, 3.8) is 0 Å². The topological polar surface area (TPSA) is 30.5 Å². The molecule has 0 spiro atoms. The smallest absolute Gasteiger partial charge is 0.119 e. The second-order valence-corrected chi connectivity index (χ2v) is 3.99. The highest BCUT2D eigenvalue weighted by Crippen LogP contribution is 2.16. The molecule has 1 aromatic carbocycles. The maximum absolute atomic E-state index is 5.61. The van der Waals surface area contributed by atoms with Crippen molar-refractivity contribution in [3.8, 4) is 23.8 Å². The first kappa shape index (κ1) is 14.4. The Kier molecular flexibility index (Phi) is 6.75. The molecule has 0 aliphatic carbocycles. The zero-order chi connectivity index (χ0) is 13.2. The number of hydrogen-bond acceptors (Lipinski definition) is 3. The number of nitrogens with one attached hydrogen (secondary N) is 1. The number of hydrogen-bond donors (Lipinski definition) is 1. The fourth-order valence-electron chi connectivity index (χ4n) is 1.61. The van der Waals surface area contributed by atoms with Crippen LogP contribution in [0.25, 0.3) is 0 Å². The Morgan fingerprint density at radius 1 is 1.28 bits per heavy atom. The van der Waals surface area contributed by atoms with Crippen LogP contribution < -0.4 is 14.8 Å². The predicted molar refractivity (Wildman–Crippen MR) is 74.0 cm³/mol. The maximum atomic E-state index is 5.61. The fraction of sp³-hybridized carbons (Fsp3) is 0.467. The van der Waals surface area contributed by atoms with Crippen molar-refractivity contribution in [2.24, 2.45) is 0 Å². The van der Waals surface area contributed by atoms with Crippen LogP contribution in [0.3, 0.4) is 0 Å². The molecule has 0 aromatic heterocycles. The van der Waals surface area contributed by atoms with Gasteiger partial charge in [-0.2, -0.15) is 0 Å². The molecule has 3 nitrogen and oxygen atoms in total. The normalized spacial score (nSPS) is 11.6. The Labute approximate surface area is 109 Å². The van der Waals surface area contributed by atoms with E-state index in [4.69, 9.17) is 15.9 Å². The molecule has 3 heteroatoms. The van der Waals surface area contributed by atoms with E-state index in [9.17, 15) is 0 Å². The predicted octanol–water partition coefficient (Wildman–Crippen LogP) is 2.47. The van der Waals surface area contributed by atoms with Crippen LogP contribution in [0.1, 0.15) is 19.8 Å². The first-order valence-electron chi connectivity index (χ1n) is 6.23. The summed E-state index contributed by atoms with van der Waals surface area (Å²) in [5.41, 5.74) is 0. The number of ether oxygens (including phenoxy) is 2. The lowest BCUT2D eigenvalue weighted by Gasteiger charge is -2.14. The third-order valence-corrected chi connectivity index (χ3v) is 2.72. The largest absolute Gasteiger partial charge is 0.497 e. The van der Waals surface area contributed by atoms with Crippen LogP contribution in [0.5, 0.6) is 11.5 Å². The third kappa shape index (κ3) is 5.11. The average Bonchev–Trinajstić information content (AvgIpc) is 2.43. The molecule has 0 saturated heterocycles. The van der Waals surface area contributed by atoms with Crippen LogP contribution in [-0.2, 0) is 0 Å². The molecule has 0 saturated carbocycles. The van der Waals surface area contributed by atoms with E-state index in [1.165, 1.54) is 0 Å². The molecule has 1 atom stereocenters. The van der Waals surface area contributed by atoms with Gasteiger partial charge in [0.2, 0.25) is 0 Å². The Bertz CT molecular complexity index is 367. The van der Waals surface area contributed by atoms with Crippen LogP contribution in [-0.4, -0.2) is 26.3 Å². The van der Waals surface area contributed by atoms with Crippen molar-refractivity contribution in [2.75, 3.05) is 20.3 Å². The number of methoxy groups -OCH3 is 1. The van der Waals surface area contributed by atoms with Crippen molar-refractivity contribution < 1.29 is 9.47 Å². The van der Waals surface area contributed by atoms with Gasteiger partial charge < -0.3 is 14.8 Å². The maximum Gasteiger partial charge on any atom is 0.119 e. The highest BCUT2D eigenvalue weighted by Gasteiger charge is 2.02. The highest BCUT2D eigenvalue weighted by molar-refractivity contribution is 5.31. The van der Waals surface area contributed by atoms with Crippen LogP contribution in [0.2, 0.25) is 0 Å². The molecule has 0 bridgehead atoms. The quantitative estimate of drug-likeness (QED) is 0.565. The monoisotopic (exact) mass is 247 g/mol. The zero-order valence-electron chi connectivity index (χ0n) is 11.1. The van der Waals surface area contributed by atoms with E-state index in [2.05, 4.69) is 18.2 Å². The van der Waals surface area contributed by atoms with Crippen LogP contribution >= 0.6 is 0 Å². The van der Waals surface area contributed by atoms with Crippen molar-refractivity contribution in [1.29, 1.82) is 0 Å². The van der Waals surface area contributed by atoms with E-state index >= 15 is 0 Å². The molecule has 1 aromatic rings. The summed E-state index contributed by atoms with van der Waals surface area (Å²) in [6.07, 6.45) is 7.09. The third-order valence-electron chi connectivity index (χ3n) is 2.72. The van der Waals surface area contributed by atoms with E-state index in [1.54, 1.807) is 7.11 Å². The van der Waals surface area contributed by atoms with E-state index < -0.39 is 0 Å². The first-order valence-corrected chi connectivity index (χ1v) is 6.23. The molecule has 0 aliphatic heterocycles. The lowest BCUT2D eigenvalue weighted by atomic mass is 10.1. The lowest BCUT2D eigenvalue weighted by Crippen LogP contribution is -2.31. The minimum atomic E-state index is 0.384. The van der Waals surface area contributed by atoms with Crippen LogP contribution in [0, 0.1) is 12.3 Å². The average molecular weight is 247 g/mol. The Hall–Kier alpha value is -1.66. The summed E-state index contributed by atoms with van der Waals surface area (Å²) in [7, 11) is 1.65. The molecule has 18 heavy (non-hydrogen) atoms. The number of terminal acetylenes is 1. The molecular weight excluding hydrogens is 226 g/mol. The molecule has 1 N–H and O–H groups in total. The molecule has 1 rings (SSSR count). The van der Waals surface area contributed by atoms with Gasteiger partial charge in [0.05, 0.1) is 7.11 Å². The minimum absolute atomic E-state index is 0.384. The summed E-state index contributed by atoms with van der Waals surface area (Å²) < 4.78 is 10.7. The summed E-state index contributed by atoms with van der Waals surface area (Å²) in [5, 5.41) is 3.37. The second-order valence-electron chi connectivity index (χ2n) is 3.99. The van der Waals surface area contributed by atoms with E-state index in [0.29, 0.717) is 12.6 Å². The molecule has 1 unspecified atom stereocenters. The summed E-state index contributed by atoms with van der Waals surface area (Å²) in [6.45, 7) is 3.55. The summed E-state index contributed by atoms with van der Waals surface area (Å²) in [5.74, 6) is 4.36. The first-order chi connectivity index (χ1) is 8.80. The van der Waals surface area contributed by atoms with Crippen molar-refractivity contribution in [3.05, 3.63) is 24.3 Å². The van der Waals surface area contributed by atoms with Crippen molar-refractivity contribution in [2.45, 2.75) is 25.8 Å². The number of benzene rings is 1. The molecule has 0 aliphatic rings. The van der Waals surface area contributed by atoms with Gasteiger partial charge in [-0.05, 0) is 30.7 Å². The summed E-state index contributed by atoms with van der Waals surface area (Å²) in [6, 6.07) is 7.95. The summed E-state index contributed by atoms with van der Waals surface area (Å²) >= 11 is 0. The molecular formula is C15H21NO2. The van der Waals surface area contributed by atoms with Crippen molar-refractivity contribution in [1.82, 2.24) is 5.32 Å². The van der Waals surface area contributed by atoms with Gasteiger partial charge in [-0.15, -0.1) is 12.3 Å². The van der Waals surface area contributed by atoms with Crippen LogP contribution in [0.15, 0.2) is 24.3 Å². The van der Waals surface area contributed by atoms with Crippen LogP contribution in [0.4, 0.5) is 0 Å². The van der Waals surface area contributed by atoms with Gasteiger partial charge in [0.15, 0.2) is 0 Å². The Balaban J connectivity index is 2.22. The molecule has 0 heterocycles. The number of rotatable bonds is 8. The van der Waals surface area contributed by atoms with E-state index in [1.807, 2.05) is 24.3 Å². The lowest BCUT2D eigenvalue weighted by molar-refractivity contribution is 0.303. The molecule has 0 amide bonds. The SMILES string of the molecule is C#CCC(CC)NCCOc1ccc(OC)cc1. The fourth-order valence-corrected chi connectivity index (χ4v) is 1.61. The van der Waals surface area contributed by atoms with Crippen molar-refractivity contribution >= 4 is 0 Å². The standard InChI is InChI=1S/C15H21NO2/c1-4-6-13(5-2)16-11-12-18-15-9-7-14(17-3)8-10-15/h1,7-10,13,16H,5-6,11-12H2,2-3H3. The van der Waals surface area contributed by atoms with Gasteiger partial charge >= 0.3 is 0 Å². The van der Waals surface area contributed by atoms with Gasteiger partial charge in [-0.25, -0.2) is 0 Å². The van der Waals surface area contributed by atoms with Gasteiger partial charge in [-0.1, -0.05) is 6.92 Å². The van der Waals surface area contributed by atoms with E-state index in [-0.39, 0.29) is 0 Å². The second kappa shape index (κ2) is 8.43. The molecule has 98 valence electrons. The van der Waals surface area contributed by atoms with Gasteiger partial charge in [0.25, 0.3) is 0 Å². The van der Waals surface area contributed by atoms with Gasteiger partial charge in [-0.3, -0.25) is 0 Å². The molecule has 0 radical (unpaired) electrons.